The second-order valence-corrected chi connectivity index (χ2v) is 7.11. The van der Waals surface area contributed by atoms with E-state index in [0.29, 0.717) is 17.2 Å². The molecule has 2 aromatic rings. The van der Waals surface area contributed by atoms with Gasteiger partial charge < -0.3 is 9.47 Å². The van der Waals surface area contributed by atoms with Crippen molar-refractivity contribution >= 4 is 23.0 Å². The molecule has 0 spiro atoms. The number of hydrogen-bond donors (Lipinski definition) is 1. The second kappa shape index (κ2) is 7.70. The van der Waals surface area contributed by atoms with Crippen molar-refractivity contribution in [2.24, 2.45) is 5.10 Å². The molecule has 5 nitrogen and oxygen atoms in total. The van der Waals surface area contributed by atoms with Crippen LogP contribution in [0.25, 0.3) is 0 Å². The average Bonchev–Trinajstić information content (AvgIpc) is 3.09. The van der Waals surface area contributed by atoms with Gasteiger partial charge in [-0.2, -0.15) is 5.10 Å². The first-order chi connectivity index (χ1) is 12.1. The van der Waals surface area contributed by atoms with Crippen molar-refractivity contribution < 1.29 is 14.3 Å². The minimum Gasteiger partial charge on any atom is -0.493 e. The van der Waals surface area contributed by atoms with Crippen molar-refractivity contribution in [3.63, 3.8) is 0 Å². The van der Waals surface area contributed by atoms with E-state index in [2.05, 4.69) is 10.5 Å². The van der Waals surface area contributed by atoms with Gasteiger partial charge in [0.25, 0.3) is 5.91 Å². The third kappa shape index (κ3) is 3.85. The van der Waals surface area contributed by atoms with Crippen LogP contribution in [0.1, 0.15) is 45.4 Å². The fraction of sp³-hybridized carbons (Fsp3) is 0.368. The molecule has 0 saturated carbocycles. The lowest BCUT2D eigenvalue weighted by atomic mass is 9.99. The van der Waals surface area contributed by atoms with E-state index in [1.807, 2.05) is 31.2 Å². The van der Waals surface area contributed by atoms with E-state index in [1.54, 1.807) is 25.6 Å². The first-order valence-electron chi connectivity index (χ1n) is 8.31. The zero-order valence-corrected chi connectivity index (χ0v) is 15.5. The Morgan fingerprint density at radius 3 is 2.60 bits per heavy atom. The predicted octanol–water partition coefficient (Wildman–Crippen LogP) is 3.80. The molecule has 1 aromatic heterocycles. The Morgan fingerprint density at radius 2 is 1.88 bits per heavy atom. The van der Waals surface area contributed by atoms with Gasteiger partial charge in [0.1, 0.15) is 0 Å². The van der Waals surface area contributed by atoms with Crippen LogP contribution in [0.4, 0.5) is 0 Å². The van der Waals surface area contributed by atoms with E-state index in [1.165, 1.54) is 23.3 Å². The summed E-state index contributed by atoms with van der Waals surface area (Å²) in [7, 11) is 3.19. The van der Waals surface area contributed by atoms with Crippen LogP contribution in [0.15, 0.2) is 29.4 Å². The van der Waals surface area contributed by atoms with E-state index < -0.39 is 0 Å². The number of benzene rings is 1. The molecule has 1 amide bonds. The molecule has 1 aromatic carbocycles. The number of nitrogens with zero attached hydrogens (tertiary/aromatic N) is 1. The lowest BCUT2D eigenvalue weighted by Gasteiger charge is -2.09. The third-order valence-electron chi connectivity index (χ3n) is 4.35. The van der Waals surface area contributed by atoms with Gasteiger partial charge in [0.15, 0.2) is 11.5 Å². The number of fused-ring (bicyclic) bond motifs is 1. The molecule has 3 rings (SSSR count). The number of methoxy groups -OCH3 is 2. The van der Waals surface area contributed by atoms with Gasteiger partial charge in [-0.1, -0.05) is 0 Å². The van der Waals surface area contributed by atoms with Gasteiger partial charge in [-0.05, 0) is 62.4 Å². The van der Waals surface area contributed by atoms with Gasteiger partial charge in [-0.15, -0.1) is 11.3 Å². The fourth-order valence-corrected chi connectivity index (χ4v) is 4.06. The Bertz CT molecular complexity index is 787. The first-order valence-corrected chi connectivity index (χ1v) is 9.12. The molecule has 1 aliphatic rings. The van der Waals surface area contributed by atoms with Crippen molar-refractivity contribution in [2.75, 3.05) is 14.2 Å². The fourth-order valence-electron chi connectivity index (χ4n) is 2.92. The maximum Gasteiger partial charge on any atom is 0.281 e. The summed E-state index contributed by atoms with van der Waals surface area (Å²) in [4.78, 5) is 14.4. The van der Waals surface area contributed by atoms with Gasteiger partial charge >= 0.3 is 0 Å². The number of rotatable bonds is 5. The molecule has 0 unspecified atom stereocenters. The summed E-state index contributed by atoms with van der Waals surface area (Å²) in [5.74, 6) is 1.14. The largest absolute Gasteiger partial charge is 0.493 e. The van der Waals surface area contributed by atoms with Gasteiger partial charge in [0.2, 0.25) is 0 Å². The predicted molar refractivity (Wildman–Crippen MR) is 100 cm³/mol. The number of carbonyl (C=O) groups excluding carboxylic acids is 1. The number of hydrogen-bond acceptors (Lipinski definition) is 5. The Labute approximate surface area is 151 Å². The molecule has 1 N–H and O–H groups in total. The SMILES string of the molecule is COc1ccc(/C(C)=N/NC(=O)c2cc3c(s2)CCCC3)cc1OC. The highest BCUT2D eigenvalue weighted by Crippen LogP contribution is 2.30. The Balaban J connectivity index is 1.72. The quantitative estimate of drug-likeness (QED) is 0.653. The maximum absolute atomic E-state index is 12.4. The number of carbonyl (C=O) groups is 1. The molecule has 0 radical (unpaired) electrons. The summed E-state index contributed by atoms with van der Waals surface area (Å²) < 4.78 is 10.5. The second-order valence-electron chi connectivity index (χ2n) is 5.97. The van der Waals surface area contributed by atoms with Gasteiger partial charge in [0.05, 0.1) is 24.8 Å². The molecule has 25 heavy (non-hydrogen) atoms. The van der Waals surface area contributed by atoms with E-state index in [9.17, 15) is 4.79 Å². The van der Waals surface area contributed by atoms with E-state index >= 15 is 0 Å². The molecule has 0 aliphatic heterocycles. The highest BCUT2D eigenvalue weighted by Gasteiger charge is 2.17. The Kier molecular flexibility index (Phi) is 5.38. The van der Waals surface area contributed by atoms with Crippen molar-refractivity contribution in [1.29, 1.82) is 0 Å². The lowest BCUT2D eigenvalue weighted by molar-refractivity contribution is 0.0959. The van der Waals surface area contributed by atoms with Crippen molar-refractivity contribution in [3.8, 4) is 11.5 Å². The van der Waals surface area contributed by atoms with Crippen LogP contribution in [-0.2, 0) is 12.8 Å². The van der Waals surface area contributed by atoms with Crippen LogP contribution in [0.2, 0.25) is 0 Å². The van der Waals surface area contributed by atoms with Crippen LogP contribution >= 0.6 is 11.3 Å². The Hall–Kier alpha value is -2.34. The first kappa shape index (κ1) is 17.5. The van der Waals surface area contributed by atoms with E-state index in [0.717, 1.165) is 23.3 Å². The van der Waals surface area contributed by atoms with Crippen LogP contribution in [0, 0.1) is 0 Å². The minimum atomic E-state index is -0.153. The molecule has 132 valence electrons. The third-order valence-corrected chi connectivity index (χ3v) is 5.58. The highest BCUT2D eigenvalue weighted by molar-refractivity contribution is 7.14. The van der Waals surface area contributed by atoms with E-state index in [4.69, 9.17) is 9.47 Å². The number of aryl methyl sites for hydroxylation is 2. The van der Waals surface area contributed by atoms with Crippen LogP contribution < -0.4 is 14.9 Å². The molecule has 0 atom stereocenters. The maximum atomic E-state index is 12.4. The number of hydrazone groups is 1. The summed E-state index contributed by atoms with van der Waals surface area (Å²) >= 11 is 1.58. The minimum absolute atomic E-state index is 0.153. The number of amides is 1. The number of ether oxygens (including phenoxy) is 2. The standard InChI is InChI=1S/C19H22N2O3S/c1-12(13-8-9-15(23-2)16(10-13)24-3)20-21-19(22)18-11-14-6-4-5-7-17(14)25-18/h8-11H,4-7H2,1-3H3,(H,21,22)/b20-12+. The monoisotopic (exact) mass is 358 g/mol. The molecule has 1 heterocycles. The summed E-state index contributed by atoms with van der Waals surface area (Å²) in [5.41, 5.74) is 5.55. The molecule has 0 fully saturated rings. The van der Waals surface area contributed by atoms with Gasteiger partial charge in [-0.25, -0.2) is 5.43 Å². The van der Waals surface area contributed by atoms with Crippen LogP contribution in [0.3, 0.4) is 0 Å². The van der Waals surface area contributed by atoms with Crippen LogP contribution in [0.5, 0.6) is 11.5 Å². The highest BCUT2D eigenvalue weighted by atomic mass is 32.1. The number of nitrogens with one attached hydrogen (secondary N) is 1. The summed E-state index contributed by atoms with van der Waals surface area (Å²) in [6, 6.07) is 7.56. The zero-order chi connectivity index (χ0) is 17.8. The van der Waals surface area contributed by atoms with Gasteiger partial charge in [0, 0.05) is 10.4 Å². The number of thiophene rings is 1. The van der Waals surface area contributed by atoms with Crippen LogP contribution in [-0.4, -0.2) is 25.8 Å². The molecule has 0 saturated heterocycles. The molecular weight excluding hydrogens is 336 g/mol. The van der Waals surface area contributed by atoms with Crippen molar-refractivity contribution in [1.82, 2.24) is 5.43 Å². The van der Waals surface area contributed by atoms with Gasteiger partial charge in [-0.3, -0.25) is 4.79 Å². The average molecular weight is 358 g/mol. The topological polar surface area (TPSA) is 59.9 Å². The summed E-state index contributed by atoms with van der Waals surface area (Å²) in [6.45, 7) is 1.85. The molecular formula is C19H22N2O3S. The normalized spacial score (nSPS) is 14.0. The molecule has 1 aliphatic carbocycles. The summed E-state index contributed by atoms with van der Waals surface area (Å²) in [6.07, 6.45) is 4.58. The Morgan fingerprint density at radius 1 is 1.12 bits per heavy atom. The lowest BCUT2D eigenvalue weighted by Crippen LogP contribution is -2.18. The summed E-state index contributed by atoms with van der Waals surface area (Å²) in [5, 5.41) is 4.24. The van der Waals surface area contributed by atoms with Crippen molar-refractivity contribution in [2.45, 2.75) is 32.6 Å². The zero-order valence-electron chi connectivity index (χ0n) is 14.7. The molecule has 6 heteroatoms. The van der Waals surface area contributed by atoms with Crippen molar-refractivity contribution in [3.05, 3.63) is 45.1 Å². The van der Waals surface area contributed by atoms with E-state index in [-0.39, 0.29) is 5.91 Å². The smallest absolute Gasteiger partial charge is 0.281 e. The molecule has 0 bridgehead atoms.